The van der Waals surface area contributed by atoms with Crippen molar-refractivity contribution in [2.45, 2.75) is 45.4 Å². The lowest BCUT2D eigenvalue weighted by atomic mass is 9.86. The predicted octanol–water partition coefficient (Wildman–Crippen LogP) is 4.02. The Morgan fingerprint density at radius 1 is 1.04 bits per heavy atom. The molecule has 1 N–H and O–H groups in total. The van der Waals surface area contributed by atoms with Gasteiger partial charge in [-0.3, -0.25) is 4.79 Å². The number of benzene rings is 1. The highest BCUT2D eigenvalue weighted by Gasteiger charge is 2.19. The Morgan fingerprint density at radius 2 is 1.68 bits per heavy atom. The van der Waals surface area contributed by atoms with Crippen molar-refractivity contribution in [3.63, 3.8) is 0 Å². The highest BCUT2D eigenvalue weighted by Crippen LogP contribution is 2.29. The molecule has 1 aliphatic heterocycles. The van der Waals surface area contributed by atoms with Crippen LogP contribution in [0.5, 0.6) is 0 Å². The van der Waals surface area contributed by atoms with E-state index in [2.05, 4.69) is 41.0 Å². The Balaban J connectivity index is 1.74. The van der Waals surface area contributed by atoms with Crippen LogP contribution in [0.1, 0.15) is 56.0 Å². The molecule has 3 rings (SSSR count). The molecule has 0 saturated carbocycles. The largest absolute Gasteiger partial charge is 0.341 e. The van der Waals surface area contributed by atoms with E-state index in [9.17, 15) is 4.79 Å². The number of hydrogen-bond acceptors (Lipinski definition) is 4. The van der Waals surface area contributed by atoms with Gasteiger partial charge in [0, 0.05) is 31.2 Å². The number of hydrogen-bond donors (Lipinski definition) is 1. The van der Waals surface area contributed by atoms with Crippen molar-refractivity contribution in [3.05, 3.63) is 47.8 Å². The van der Waals surface area contributed by atoms with Crippen molar-refractivity contribution in [1.82, 2.24) is 9.97 Å². The topological polar surface area (TPSA) is 58.1 Å². The number of carbonyl (C=O) groups excluding carboxylic acids is 1. The molecule has 1 aromatic heterocycles. The van der Waals surface area contributed by atoms with Gasteiger partial charge >= 0.3 is 0 Å². The summed E-state index contributed by atoms with van der Waals surface area (Å²) in [7, 11) is 0. The van der Waals surface area contributed by atoms with Crippen LogP contribution in [0, 0.1) is 0 Å². The number of nitrogens with one attached hydrogen (secondary N) is 1. The maximum absolute atomic E-state index is 12.6. The third-order valence-electron chi connectivity index (χ3n) is 4.52. The first-order chi connectivity index (χ1) is 11.9. The third-order valence-corrected chi connectivity index (χ3v) is 4.52. The van der Waals surface area contributed by atoms with Gasteiger partial charge in [0.2, 0.25) is 5.95 Å². The minimum absolute atomic E-state index is 0.0432. The minimum atomic E-state index is -0.179. The van der Waals surface area contributed by atoms with E-state index >= 15 is 0 Å². The Hall–Kier alpha value is -2.43. The second kappa shape index (κ2) is 7.21. The van der Waals surface area contributed by atoms with Crippen LogP contribution >= 0.6 is 0 Å². The molecule has 0 atom stereocenters. The van der Waals surface area contributed by atoms with Crippen LogP contribution in [0.25, 0.3) is 0 Å². The number of anilines is 2. The lowest BCUT2D eigenvalue weighted by molar-refractivity contribution is 0.102. The molecule has 2 heterocycles. The van der Waals surface area contributed by atoms with Gasteiger partial charge in [0.1, 0.15) is 0 Å². The van der Waals surface area contributed by atoms with Gasteiger partial charge in [-0.1, -0.05) is 39.0 Å². The van der Waals surface area contributed by atoms with Crippen LogP contribution in [-0.2, 0) is 5.41 Å². The number of nitrogens with zero attached hydrogens (tertiary/aromatic N) is 3. The summed E-state index contributed by atoms with van der Waals surface area (Å²) in [4.78, 5) is 23.5. The molecule has 132 valence electrons. The van der Waals surface area contributed by atoms with Crippen LogP contribution < -0.4 is 10.2 Å². The zero-order valence-electron chi connectivity index (χ0n) is 15.2. The van der Waals surface area contributed by atoms with Gasteiger partial charge in [0.15, 0.2) is 0 Å². The summed E-state index contributed by atoms with van der Waals surface area (Å²) in [5, 5.41) is 3.00. The van der Waals surface area contributed by atoms with Crippen LogP contribution in [0.3, 0.4) is 0 Å². The second-order valence-electron chi connectivity index (χ2n) is 7.57. The molecule has 0 radical (unpaired) electrons. The first kappa shape index (κ1) is 17.4. The molecular formula is C20H26N4O. The summed E-state index contributed by atoms with van der Waals surface area (Å²) in [6.07, 6.45) is 6.85. The lowest BCUT2D eigenvalue weighted by Crippen LogP contribution is -2.31. The van der Waals surface area contributed by atoms with Crippen LogP contribution in [-0.4, -0.2) is 29.0 Å². The van der Waals surface area contributed by atoms with Crippen LogP contribution in [0.15, 0.2) is 36.7 Å². The van der Waals surface area contributed by atoms with Gasteiger partial charge in [-0.2, -0.15) is 0 Å². The third kappa shape index (κ3) is 4.16. The maximum atomic E-state index is 12.6. The van der Waals surface area contributed by atoms with Crippen molar-refractivity contribution >= 4 is 17.5 Å². The molecule has 0 unspecified atom stereocenters. The molecule has 1 fully saturated rings. The Labute approximate surface area is 149 Å². The normalized spacial score (nSPS) is 15.1. The predicted molar refractivity (Wildman–Crippen MR) is 101 cm³/mol. The number of rotatable bonds is 3. The molecule has 5 nitrogen and oxygen atoms in total. The average Bonchev–Trinajstić information content (AvgIpc) is 2.62. The molecule has 25 heavy (non-hydrogen) atoms. The summed E-state index contributed by atoms with van der Waals surface area (Å²) in [6, 6.07) is 7.90. The SMILES string of the molecule is CC(C)(C)c1ccccc1NC(=O)c1cnc(N2CCCCC2)nc1. The molecule has 5 heteroatoms. The van der Waals surface area contributed by atoms with E-state index in [1.807, 2.05) is 24.3 Å². The summed E-state index contributed by atoms with van der Waals surface area (Å²) in [5.41, 5.74) is 2.37. The van der Waals surface area contributed by atoms with Crippen molar-refractivity contribution in [3.8, 4) is 0 Å². The monoisotopic (exact) mass is 338 g/mol. The fourth-order valence-corrected chi connectivity index (χ4v) is 3.14. The molecule has 2 aromatic rings. The number of carbonyl (C=O) groups is 1. The van der Waals surface area contributed by atoms with E-state index in [4.69, 9.17) is 0 Å². The molecular weight excluding hydrogens is 312 g/mol. The Kier molecular flexibility index (Phi) is 5.02. The summed E-state index contributed by atoms with van der Waals surface area (Å²) < 4.78 is 0. The molecule has 1 aromatic carbocycles. The van der Waals surface area contributed by atoms with Gasteiger partial charge in [0.25, 0.3) is 5.91 Å². The number of piperidine rings is 1. The summed E-state index contributed by atoms with van der Waals surface area (Å²) in [6.45, 7) is 8.38. The van der Waals surface area contributed by atoms with E-state index in [1.54, 1.807) is 12.4 Å². The Bertz CT molecular complexity index is 728. The zero-order valence-corrected chi connectivity index (χ0v) is 15.2. The lowest BCUT2D eigenvalue weighted by Gasteiger charge is -2.26. The summed E-state index contributed by atoms with van der Waals surface area (Å²) >= 11 is 0. The quantitative estimate of drug-likeness (QED) is 0.918. The first-order valence-corrected chi connectivity index (χ1v) is 8.93. The minimum Gasteiger partial charge on any atom is -0.341 e. The van der Waals surface area contributed by atoms with E-state index in [-0.39, 0.29) is 11.3 Å². The fraction of sp³-hybridized carbons (Fsp3) is 0.450. The highest BCUT2D eigenvalue weighted by atomic mass is 16.1. The Morgan fingerprint density at radius 3 is 2.32 bits per heavy atom. The van der Waals surface area contributed by atoms with E-state index in [0.29, 0.717) is 11.5 Å². The van der Waals surface area contributed by atoms with Gasteiger partial charge in [0.05, 0.1) is 5.56 Å². The number of para-hydroxylation sites is 1. The van der Waals surface area contributed by atoms with E-state index in [1.165, 1.54) is 19.3 Å². The molecule has 1 aliphatic rings. The highest BCUT2D eigenvalue weighted by molar-refractivity contribution is 6.04. The maximum Gasteiger partial charge on any atom is 0.258 e. The second-order valence-corrected chi connectivity index (χ2v) is 7.57. The van der Waals surface area contributed by atoms with Crippen molar-refractivity contribution in [2.24, 2.45) is 0 Å². The molecule has 0 spiro atoms. The van der Waals surface area contributed by atoms with Crippen molar-refractivity contribution < 1.29 is 4.79 Å². The van der Waals surface area contributed by atoms with E-state index in [0.717, 1.165) is 24.3 Å². The van der Waals surface area contributed by atoms with Crippen molar-refractivity contribution in [1.29, 1.82) is 0 Å². The molecule has 1 amide bonds. The zero-order chi connectivity index (χ0) is 17.9. The molecule has 1 saturated heterocycles. The average molecular weight is 338 g/mol. The van der Waals surface area contributed by atoms with Gasteiger partial charge in [-0.15, -0.1) is 0 Å². The van der Waals surface area contributed by atoms with Gasteiger partial charge in [-0.05, 0) is 36.3 Å². The number of aromatic nitrogens is 2. The first-order valence-electron chi connectivity index (χ1n) is 8.93. The van der Waals surface area contributed by atoms with E-state index < -0.39 is 0 Å². The van der Waals surface area contributed by atoms with Crippen LogP contribution in [0.4, 0.5) is 11.6 Å². The summed E-state index contributed by atoms with van der Waals surface area (Å²) in [5.74, 6) is 0.535. The van der Waals surface area contributed by atoms with Gasteiger partial charge in [-0.25, -0.2) is 9.97 Å². The number of amides is 1. The van der Waals surface area contributed by atoms with Crippen molar-refractivity contribution in [2.75, 3.05) is 23.3 Å². The standard InChI is InChI=1S/C20H26N4O/c1-20(2,3)16-9-5-6-10-17(16)23-18(25)15-13-21-19(22-14-15)24-11-7-4-8-12-24/h5-6,9-10,13-14H,4,7-8,11-12H2,1-3H3,(H,23,25). The molecule has 0 bridgehead atoms. The smallest absolute Gasteiger partial charge is 0.258 e. The molecule has 0 aliphatic carbocycles. The fourth-order valence-electron chi connectivity index (χ4n) is 3.14. The van der Waals surface area contributed by atoms with Gasteiger partial charge < -0.3 is 10.2 Å². The van der Waals surface area contributed by atoms with Crippen LogP contribution in [0.2, 0.25) is 0 Å².